The van der Waals surface area contributed by atoms with Gasteiger partial charge in [-0.25, -0.2) is 0 Å². The first-order chi connectivity index (χ1) is 14.6. The molecule has 1 heterocycles. The van der Waals surface area contributed by atoms with Crippen LogP contribution in [0.4, 0.5) is 17.1 Å². The summed E-state index contributed by atoms with van der Waals surface area (Å²) < 4.78 is 6.09. The zero-order chi connectivity index (χ0) is 20.9. The third-order valence-electron chi connectivity index (χ3n) is 5.74. The number of anilines is 3. The SMILES string of the molecule is CN(CCc1cccc(N(C)C)c1)CCN1c2ccccc2COc2ccccc21.Cl.Cl. The van der Waals surface area contributed by atoms with Gasteiger partial charge in [-0.3, -0.25) is 0 Å². The van der Waals surface area contributed by atoms with Crippen molar-refractivity contribution in [2.24, 2.45) is 0 Å². The molecule has 0 fully saturated rings. The highest BCUT2D eigenvalue weighted by atomic mass is 35.5. The Labute approximate surface area is 204 Å². The van der Waals surface area contributed by atoms with Crippen LogP contribution in [0, 0.1) is 0 Å². The number of rotatable bonds is 7. The molecular formula is C26H33Cl2N3O. The molecule has 3 aromatic carbocycles. The van der Waals surface area contributed by atoms with Gasteiger partial charge >= 0.3 is 0 Å². The maximum Gasteiger partial charge on any atom is 0.143 e. The average molecular weight is 474 g/mol. The highest BCUT2D eigenvalue weighted by Crippen LogP contribution is 2.38. The molecule has 0 atom stereocenters. The molecule has 4 rings (SSSR count). The smallest absolute Gasteiger partial charge is 0.143 e. The van der Waals surface area contributed by atoms with Crippen LogP contribution >= 0.6 is 24.8 Å². The van der Waals surface area contributed by atoms with Crippen molar-refractivity contribution >= 4 is 41.9 Å². The van der Waals surface area contributed by atoms with E-state index < -0.39 is 0 Å². The van der Waals surface area contributed by atoms with Gasteiger partial charge in [0, 0.05) is 50.7 Å². The van der Waals surface area contributed by atoms with Gasteiger partial charge in [-0.15, -0.1) is 24.8 Å². The molecule has 4 nitrogen and oxygen atoms in total. The lowest BCUT2D eigenvalue weighted by Crippen LogP contribution is -2.32. The fourth-order valence-corrected chi connectivity index (χ4v) is 3.92. The molecule has 0 aliphatic carbocycles. The second-order valence-corrected chi connectivity index (χ2v) is 8.15. The number of para-hydroxylation sites is 3. The lowest BCUT2D eigenvalue weighted by atomic mass is 10.1. The molecule has 0 aromatic heterocycles. The van der Waals surface area contributed by atoms with Gasteiger partial charge in [-0.05, 0) is 49.4 Å². The van der Waals surface area contributed by atoms with E-state index in [1.165, 1.54) is 22.5 Å². The Morgan fingerprint density at radius 1 is 0.812 bits per heavy atom. The van der Waals surface area contributed by atoms with E-state index in [4.69, 9.17) is 4.74 Å². The van der Waals surface area contributed by atoms with Gasteiger partial charge in [-0.2, -0.15) is 0 Å². The molecule has 0 spiro atoms. The van der Waals surface area contributed by atoms with Crippen molar-refractivity contribution < 1.29 is 4.74 Å². The van der Waals surface area contributed by atoms with Gasteiger partial charge in [0.25, 0.3) is 0 Å². The monoisotopic (exact) mass is 473 g/mol. The predicted octanol–water partition coefficient (Wildman–Crippen LogP) is 5.80. The first-order valence-electron chi connectivity index (χ1n) is 10.6. The van der Waals surface area contributed by atoms with Gasteiger partial charge in [-0.1, -0.05) is 42.5 Å². The van der Waals surface area contributed by atoms with Gasteiger partial charge in [0.05, 0.1) is 5.69 Å². The number of benzene rings is 3. The molecule has 0 amide bonds. The lowest BCUT2D eigenvalue weighted by molar-refractivity contribution is 0.310. The largest absolute Gasteiger partial charge is 0.487 e. The number of hydrogen-bond donors (Lipinski definition) is 0. The van der Waals surface area contributed by atoms with Crippen molar-refractivity contribution in [2.75, 3.05) is 50.6 Å². The van der Waals surface area contributed by atoms with Crippen molar-refractivity contribution in [3.8, 4) is 5.75 Å². The number of nitrogens with zero attached hydrogens (tertiary/aromatic N) is 3. The van der Waals surface area contributed by atoms with E-state index in [0.717, 1.165) is 37.5 Å². The van der Waals surface area contributed by atoms with Crippen LogP contribution in [0.1, 0.15) is 11.1 Å². The summed E-state index contributed by atoms with van der Waals surface area (Å²) in [7, 11) is 6.39. The first kappa shape index (κ1) is 25.9. The van der Waals surface area contributed by atoms with E-state index in [9.17, 15) is 0 Å². The summed E-state index contributed by atoms with van der Waals surface area (Å²) in [5.74, 6) is 0.955. The quantitative estimate of drug-likeness (QED) is 0.431. The van der Waals surface area contributed by atoms with Crippen LogP contribution < -0.4 is 14.5 Å². The van der Waals surface area contributed by atoms with Crippen molar-refractivity contribution in [1.82, 2.24) is 4.90 Å². The van der Waals surface area contributed by atoms with Gasteiger partial charge < -0.3 is 19.4 Å². The summed E-state index contributed by atoms with van der Waals surface area (Å²) >= 11 is 0. The standard InChI is InChI=1S/C26H31N3O.2ClH/c1-27(2)23-11-8-9-21(19-23)15-16-28(3)17-18-29-24-12-5-4-10-22(24)20-30-26-14-7-6-13-25(26)29;;/h4-14,19H,15-18,20H2,1-3H3;2*1H. The van der Waals surface area contributed by atoms with Crippen molar-refractivity contribution in [1.29, 1.82) is 0 Å². The summed E-state index contributed by atoms with van der Waals surface area (Å²) in [6.45, 7) is 3.55. The molecule has 0 saturated heterocycles. The molecule has 0 saturated carbocycles. The van der Waals surface area contributed by atoms with Crippen LogP contribution in [-0.2, 0) is 13.0 Å². The maximum absolute atomic E-state index is 6.09. The Bertz CT molecular complexity index is 949. The number of likely N-dealkylation sites (N-methyl/N-ethyl adjacent to an activating group) is 1. The van der Waals surface area contributed by atoms with Crippen LogP contribution in [0.2, 0.25) is 0 Å². The molecular weight excluding hydrogens is 441 g/mol. The van der Waals surface area contributed by atoms with E-state index in [1.807, 2.05) is 6.07 Å². The Kier molecular flexibility index (Phi) is 9.70. The van der Waals surface area contributed by atoms with Crippen LogP contribution in [0.25, 0.3) is 0 Å². The Morgan fingerprint density at radius 3 is 2.31 bits per heavy atom. The number of fused-ring (bicyclic) bond motifs is 2. The Morgan fingerprint density at radius 2 is 1.53 bits per heavy atom. The molecule has 1 aliphatic heterocycles. The summed E-state index contributed by atoms with van der Waals surface area (Å²) in [5, 5.41) is 0. The number of halogens is 2. The van der Waals surface area contributed by atoms with Crippen LogP contribution in [0.15, 0.2) is 72.8 Å². The molecule has 3 aromatic rings. The molecule has 0 radical (unpaired) electrons. The van der Waals surface area contributed by atoms with E-state index in [1.54, 1.807) is 0 Å². The van der Waals surface area contributed by atoms with Crippen LogP contribution in [0.3, 0.4) is 0 Å². The summed E-state index contributed by atoms with van der Waals surface area (Å²) in [6, 6.07) is 25.7. The van der Waals surface area contributed by atoms with Gasteiger partial charge in [0.1, 0.15) is 12.4 Å². The Hall–Kier alpha value is -2.40. The highest BCUT2D eigenvalue weighted by molar-refractivity contribution is 5.85. The number of hydrogen-bond acceptors (Lipinski definition) is 4. The zero-order valence-electron chi connectivity index (χ0n) is 19.0. The fraction of sp³-hybridized carbons (Fsp3) is 0.308. The van der Waals surface area contributed by atoms with E-state index in [2.05, 4.69) is 103 Å². The second-order valence-electron chi connectivity index (χ2n) is 8.15. The van der Waals surface area contributed by atoms with Gasteiger partial charge in [0.15, 0.2) is 0 Å². The van der Waals surface area contributed by atoms with Crippen LogP contribution in [-0.4, -0.2) is 45.7 Å². The fourth-order valence-electron chi connectivity index (χ4n) is 3.92. The van der Waals surface area contributed by atoms with Crippen LogP contribution in [0.5, 0.6) is 5.75 Å². The minimum atomic E-state index is 0. The molecule has 0 N–H and O–H groups in total. The molecule has 1 aliphatic rings. The average Bonchev–Trinajstić information content (AvgIpc) is 2.93. The Balaban J connectivity index is 0.00000181. The van der Waals surface area contributed by atoms with Crippen molar-refractivity contribution in [3.63, 3.8) is 0 Å². The van der Waals surface area contributed by atoms with E-state index in [-0.39, 0.29) is 24.8 Å². The maximum atomic E-state index is 6.09. The second kappa shape index (κ2) is 12.0. The minimum Gasteiger partial charge on any atom is -0.487 e. The molecule has 32 heavy (non-hydrogen) atoms. The third kappa shape index (κ3) is 6.10. The van der Waals surface area contributed by atoms with E-state index >= 15 is 0 Å². The highest BCUT2D eigenvalue weighted by Gasteiger charge is 2.21. The topological polar surface area (TPSA) is 19.0 Å². The molecule has 172 valence electrons. The minimum absolute atomic E-state index is 0. The van der Waals surface area contributed by atoms with Crippen molar-refractivity contribution in [3.05, 3.63) is 83.9 Å². The third-order valence-corrected chi connectivity index (χ3v) is 5.74. The van der Waals surface area contributed by atoms with Crippen molar-refractivity contribution in [2.45, 2.75) is 13.0 Å². The predicted molar refractivity (Wildman–Crippen MR) is 141 cm³/mol. The lowest BCUT2D eigenvalue weighted by Gasteiger charge is -2.28. The molecule has 0 unspecified atom stereocenters. The molecule has 0 bridgehead atoms. The summed E-state index contributed by atoms with van der Waals surface area (Å²) in [6.07, 6.45) is 1.05. The first-order valence-corrected chi connectivity index (χ1v) is 10.6. The molecule has 6 heteroatoms. The normalized spacial score (nSPS) is 11.9. The summed E-state index contributed by atoms with van der Waals surface area (Å²) in [4.78, 5) is 6.98. The van der Waals surface area contributed by atoms with E-state index in [0.29, 0.717) is 6.61 Å². The summed E-state index contributed by atoms with van der Waals surface area (Å²) in [5.41, 5.74) is 6.26. The zero-order valence-corrected chi connectivity index (χ0v) is 20.7. The van der Waals surface area contributed by atoms with Gasteiger partial charge in [0.2, 0.25) is 0 Å². The number of ether oxygens (including phenoxy) is 1.